The van der Waals surface area contributed by atoms with Crippen LogP contribution < -0.4 is 11.1 Å². The standard InChI is InChI=1S/C35H36ClF4N9O5/c36-26-16-21(2-4-23(26)34(54)49-11-9-48(10-12-49)28(50)13-19-5-7-47(8-6-19)18-29(51)52)44-33(53)32-42-17-22(43-32)15-25-30(45-46-31(25)35(38,39)40)24-3-1-20(41)14-27(24)37/h1-4,14,16-17,19H,5-13,15,18,41H2,(H,42,43)(H,44,53)(H,45,46)(H,51,52). The molecule has 6 N–H and O–H groups in total. The van der Waals surface area contributed by atoms with E-state index in [1.54, 1.807) is 9.80 Å². The van der Waals surface area contributed by atoms with Crippen molar-refractivity contribution >= 4 is 46.7 Å². The molecule has 286 valence electrons. The third-order valence-electron chi connectivity index (χ3n) is 9.52. The van der Waals surface area contributed by atoms with E-state index < -0.39 is 36.0 Å². The van der Waals surface area contributed by atoms with Crippen molar-refractivity contribution in [1.82, 2.24) is 34.9 Å². The number of rotatable bonds is 10. The number of carboxylic acid groups (broad SMARTS) is 1. The number of piperazine rings is 1. The number of halogens is 5. The molecular weight excluding hydrogens is 738 g/mol. The molecule has 0 unspecified atom stereocenters. The van der Waals surface area contributed by atoms with Crippen molar-refractivity contribution in [2.24, 2.45) is 5.92 Å². The Morgan fingerprint density at radius 3 is 2.35 bits per heavy atom. The first kappa shape index (κ1) is 38.2. The molecule has 2 saturated heterocycles. The number of carbonyl (C=O) groups excluding carboxylic acids is 3. The van der Waals surface area contributed by atoms with Gasteiger partial charge in [0.2, 0.25) is 5.91 Å². The largest absolute Gasteiger partial charge is 0.480 e. The summed E-state index contributed by atoms with van der Waals surface area (Å²) in [6.45, 7) is 2.59. The number of nitrogens with two attached hydrogens (primary N) is 1. The second-order valence-corrected chi connectivity index (χ2v) is 13.6. The number of nitrogen functional groups attached to an aromatic ring is 1. The van der Waals surface area contributed by atoms with Crippen molar-refractivity contribution in [2.45, 2.75) is 31.9 Å². The van der Waals surface area contributed by atoms with Gasteiger partial charge in [-0.1, -0.05) is 11.6 Å². The molecule has 14 nitrogen and oxygen atoms in total. The van der Waals surface area contributed by atoms with Gasteiger partial charge in [0, 0.05) is 73.4 Å². The number of nitrogens with one attached hydrogen (secondary N) is 3. The first-order valence-corrected chi connectivity index (χ1v) is 17.4. The van der Waals surface area contributed by atoms with Crippen LogP contribution in [-0.2, 0) is 22.2 Å². The third kappa shape index (κ3) is 8.82. The average Bonchev–Trinajstić information content (AvgIpc) is 3.77. The van der Waals surface area contributed by atoms with E-state index in [4.69, 9.17) is 22.4 Å². The van der Waals surface area contributed by atoms with Gasteiger partial charge in [-0.3, -0.25) is 29.2 Å². The highest BCUT2D eigenvalue weighted by Crippen LogP contribution is 2.37. The van der Waals surface area contributed by atoms with Crippen molar-refractivity contribution in [3.05, 3.63) is 81.8 Å². The minimum absolute atomic E-state index is 0.00268. The zero-order valence-corrected chi connectivity index (χ0v) is 29.4. The number of hydrogen-bond acceptors (Lipinski definition) is 8. The number of aliphatic carboxylic acids is 1. The molecule has 0 atom stereocenters. The van der Waals surface area contributed by atoms with Crippen LogP contribution in [0.15, 0.2) is 42.6 Å². The van der Waals surface area contributed by atoms with E-state index in [0.717, 1.165) is 18.9 Å². The van der Waals surface area contributed by atoms with Crippen LogP contribution in [0.25, 0.3) is 11.3 Å². The number of nitrogens with zero attached hydrogens (tertiary/aromatic N) is 5. The first-order chi connectivity index (χ1) is 25.7. The number of aromatic nitrogens is 4. The van der Waals surface area contributed by atoms with Crippen LogP contribution in [-0.4, -0.2) is 109 Å². The molecular formula is C35H36ClF4N9O5. The molecule has 19 heteroatoms. The predicted octanol–water partition coefficient (Wildman–Crippen LogP) is 4.51. The fourth-order valence-corrected chi connectivity index (χ4v) is 6.94. The van der Waals surface area contributed by atoms with Crippen LogP contribution in [0.3, 0.4) is 0 Å². The molecule has 4 heterocycles. The minimum Gasteiger partial charge on any atom is -0.480 e. The summed E-state index contributed by atoms with van der Waals surface area (Å²) in [4.78, 5) is 62.1. The highest BCUT2D eigenvalue weighted by Gasteiger charge is 2.38. The van der Waals surface area contributed by atoms with Gasteiger partial charge in [0.1, 0.15) is 11.5 Å². The van der Waals surface area contributed by atoms with Gasteiger partial charge >= 0.3 is 12.1 Å². The maximum Gasteiger partial charge on any atom is 0.433 e. The molecule has 2 aliphatic heterocycles. The lowest BCUT2D eigenvalue weighted by Crippen LogP contribution is -2.51. The summed E-state index contributed by atoms with van der Waals surface area (Å²) in [7, 11) is 0. The first-order valence-electron chi connectivity index (χ1n) is 17.0. The maximum atomic E-state index is 14.7. The number of imidazole rings is 1. The number of benzene rings is 2. The molecule has 54 heavy (non-hydrogen) atoms. The van der Waals surface area contributed by atoms with E-state index in [-0.39, 0.29) is 74.6 Å². The smallest absolute Gasteiger partial charge is 0.433 e. The van der Waals surface area contributed by atoms with Crippen LogP contribution in [0, 0.1) is 11.7 Å². The van der Waals surface area contributed by atoms with E-state index in [0.29, 0.717) is 45.7 Å². The van der Waals surface area contributed by atoms with Crippen LogP contribution in [0.5, 0.6) is 0 Å². The van der Waals surface area contributed by atoms with Gasteiger partial charge in [-0.2, -0.15) is 18.3 Å². The van der Waals surface area contributed by atoms with E-state index in [9.17, 15) is 36.7 Å². The number of aromatic amines is 2. The summed E-state index contributed by atoms with van der Waals surface area (Å²) >= 11 is 6.46. The lowest BCUT2D eigenvalue weighted by Gasteiger charge is -2.36. The Labute approximate surface area is 310 Å². The molecule has 0 aliphatic carbocycles. The molecule has 2 aromatic heterocycles. The number of piperidine rings is 1. The number of carboxylic acids is 1. The van der Waals surface area contributed by atoms with Crippen LogP contribution in [0.4, 0.5) is 28.9 Å². The molecule has 2 aliphatic rings. The average molecular weight is 774 g/mol. The number of hydrogen-bond donors (Lipinski definition) is 5. The summed E-state index contributed by atoms with van der Waals surface area (Å²) in [5.74, 6) is -2.85. The fraction of sp³-hybridized carbons (Fsp3) is 0.371. The van der Waals surface area contributed by atoms with Crippen LogP contribution in [0.2, 0.25) is 5.02 Å². The van der Waals surface area contributed by atoms with Gasteiger partial charge in [0.05, 0.1) is 22.8 Å². The van der Waals surface area contributed by atoms with E-state index >= 15 is 0 Å². The summed E-state index contributed by atoms with van der Waals surface area (Å²) in [6.07, 6.45) is -2.20. The second-order valence-electron chi connectivity index (χ2n) is 13.2. The zero-order valence-electron chi connectivity index (χ0n) is 28.7. The fourth-order valence-electron chi connectivity index (χ4n) is 6.67. The number of H-pyrrole nitrogens is 2. The maximum absolute atomic E-state index is 14.7. The number of likely N-dealkylation sites (tertiary alicyclic amines) is 1. The molecule has 0 bridgehead atoms. The molecule has 0 spiro atoms. The third-order valence-corrected chi connectivity index (χ3v) is 9.83. The number of anilines is 2. The lowest BCUT2D eigenvalue weighted by molar-refractivity contribution is -0.142. The Hall–Kier alpha value is -5.49. The van der Waals surface area contributed by atoms with Gasteiger partial charge in [0.25, 0.3) is 11.8 Å². The van der Waals surface area contributed by atoms with Gasteiger partial charge in [-0.25, -0.2) is 9.37 Å². The summed E-state index contributed by atoms with van der Waals surface area (Å²) in [5.41, 5.74) is 4.18. The molecule has 0 radical (unpaired) electrons. The normalized spacial score (nSPS) is 15.7. The van der Waals surface area contributed by atoms with Gasteiger partial charge < -0.3 is 30.9 Å². The quantitative estimate of drug-likeness (QED) is 0.114. The number of carbonyl (C=O) groups is 4. The molecule has 2 aromatic carbocycles. The van der Waals surface area contributed by atoms with Crippen molar-refractivity contribution in [2.75, 3.05) is 56.9 Å². The van der Waals surface area contributed by atoms with Crippen molar-refractivity contribution in [3.63, 3.8) is 0 Å². The van der Waals surface area contributed by atoms with Gasteiger partial charge in [-0.05, 0) is 68.2 Å². The lowest BCUT2D eigenvalue weighted by atomic mass is 9.93. The Morgan fingerprint density at radius 1 is 1.00 bits per heavy atom. The SMILES string of the molecule is Nc1ccc(-c2n[nH]c(C(F)(F)F)c2Cc2cnc(C(=O)Nc3ccc(C(=O)N4CCN(C(=O)CC5CCN(CC(=O)O)CC5)CC4)c(Cl)c3)[nH]2)c(F)c1. The Kier molecular flexibility index (Phi) is 11.2. The Balaban J connectivity index is 1.04. The summed E-state index contributed by atoms with van der Waals surface area (Å²) in [5, 5.41) is 17.3. The Bertz CT molecular complexity index is 2050. The molecule has 6 rings (SSSR count). The van der Waals surface area contributed by atoms with E-state index in [1.807, 2.05) is 10.00 Å². The Morgan fingerprint density at radius 2 is 1.70 bits per heavy atom. The monoisotopic (exact) mass is 773 g/mol. The highest BCUT2D eigenvalue weighted by atomic mass is 35.5. The van der Waals surface area contributed by atoms with Gasteiger partial charge in [0.15, 0.2) is 5.82 Å². The molecule has 3 amide bonds. The molecule has 0 saturated carbocycles. The predicted molar refractivity (Wildman–Crippen MR) is 188 cm³/mol. The van der Waals surface area contributed by atoms with Crippen LogP contribution >= 0.6 is 11.6 Å². The van der Waals surface area contributed by atoms with Crippen LogP contribution in [0.1, 0.15) is 57.2 Å². The minimum atomic E-state index is -4.84. The summed E-state index contributed by atoms with van der Waals surface area (Å²) in [6, 6.07) is 7.84. The highest BCUT2D eigenvalue weighted by molar-refractivity contribution is 6.34. The molecule has 2 fully saturated rings. The van der Waals surface area contributed by atoms with Crippen molar-refractivity contribution in [1.29, 1.82) is 0 Å². The van der Waals surface area contributed by atoms with Crippen molar-refractivity contribution in [3.8, 4) is 11.3 Å². The summed E-state index contributed by atoms with van der Waals surface area (Å²) < 4.78 is 56.2. The van der Waals surface area contributed by atoms with E-state index in [2.05, 4.69) is 20.4 Å². The van der Waals surface area contributed by atoms with E-state index in [1.165, 1.54) is 36.5 Å². The van der Waals surface area contributed by atoms with Gasteiger partial charge in [-0.15, -0.1) is 0 Å². The number of amides is 3. The number of alkyl halides is 3. The topological polar surface area (TPSA) is 194 Å². The zero-order chi connectivity index (χ0) is 38.7. The second kappa shape index (κ2) is 15.9. The van der Waals surface area contributed by atoms with Crippen molar-refractivity contribution < 1.29 is 41.8 Å². The molecule has 4 aromatic rings.